The van der Waals surface area contributed by atoms with Crippen LogP contribution in [0.25, 0.3) is 11.5 Å². The molecule has 12 heavy (non-hydrogen) atoms. The van der Waals surface area contributed by atoms with Gasteiger partial charge in [-0.05, 0) is 0 Å². The van der Waals surface area contributed by atoms with Crippen LogP contribution >= 0.6 is 11.3 Å². The van der Waals surface area contributed by atoms with Crippen molar-refractivity contribution in [2.24, 2.45) is 0 Å². The Kier molecular flexibility index (Phi) is 1.67. The normalized spacial score (nSPS) is 10.0. The van der Waals surface area contributed by atoms with Gasteiger partial charge in [0, 0.05) is 5.38 Å². The summed E-state index contributed by atoms with van der Waals surface area (Å²) in [4.78, 5) is 15.6. The molecule has 2 aromatic rings. The summed E-state index contributed by atoms with van der Waals surface area (Å²) in [5.74, 6) is 0.733. The Morgan fingerprint density at radius 3 is 2.83 bits per heavy atom. The summed E-state index contributed by atoms with van der Waals surface area (Å²) in [6.07, 6.45) is 1.37. The van der Waals surface area contributed by atoms with Crippen LogP contribution in [0.4, 0.5) is 5.95 Å². The van der Waals surface area contributed by atoms with E-state index in [0.29, 0.717) is 5.82 Å². The molecule has 60 valence electrons. The summed E-state index contributed by atoms with van der Waals surface area (Å²) in [6, 6.07) is 0. The maximum absolute atomic E-state index is 5.38. The molecule has 0 bridgehead atoms. The number of nitrogen functional groups attached to an aromatic ring is 1. The van der Waals surface area contributed by atoms with Gasteiger partial charge < -0.3 is 5.73 Å². The summed E-state index contributed by atoms with van der Waals surface area (Å²) in [7, 11) is 0. The van der Waals surface area contributed by atoms with Crippen LogP contribution in [0.3, 0.4) is 0 Å². The topological polar surface area (TPSA) is 77.6 Å². The second-order valence-corrected chi connectivity index (χ2v) is 2.76. The zero-order valence-electron chi connectivity index (χ0n) is 6.01. The van der Waals surface area contributed by atoms with Crippen LogP contribution in [0, 0.1) is 0 Å². The molecule has 2 N–H and O–H groups in total. The highest BCUT2D eigenvalue weighted by molar-refractivity contribution is 7.07. The number of nitrogens with zero attached hydrogens (tertiary/aromatic N) is 4. The molecule has 0 unspecified atom stereocenters. The van der Waals surface area contributed by atoms with Crippen molar-refractivity contribution in [3.05, 3.63) is 17.2 Å². The van der Waals surface area contributed by atoms with Crippen molar-refractivity contribution in [1.82, 2.24) is 19.9 Å². The zero-order chi connectivity index (χ0) is 8.39. The first kappa shape index (κ1) is 7.11. The molecule has 0 aliphatic rings. The molecule has 0 saturated carbocycles. The van der Waals surface area contributed by atoms with E-state index < -0.39 is 0 Å². The van der Waals surface area contributed by atoms with Crippen LogP contribution in [-0.4, -0.2) is 19.9 Å². The predicted molar refractivity (Wildman–Crippen MR) is 45.3 cm³/mol. The number of aromatic nitrogens is 4. The minimum absolute atomic E-state index is 0.216. The van der Waals surface area contributed by atoms with Crippen molar-refractivity contribution in [2.45, 2.75) is 0 Å². The molecule has 0 spiro atoms. The zero-order valence-corrected chi connectivity index (χ0v) is 6.82. The van der Waals surface area contributed by atoms with E-state index in [4.69, 9.17) is 5.73 Å². The van der Waals surface area contributed by atoms with Gasteiger partial charge in [-0.2, -0.15) is 4.98 Å². The molecule has 0 saturated heterocycles. The van der Waals surface area contributed by atoms with Crippen LogP contribution in [0.1, 0.15) is 0 Å². The van der Waals surface area contributed by atoms with Crippen LogP contribution in [0.2, 0.25) is 0 Å². The monoisotopic (exact) mass is 179 g/mol. The van der Waals surface area contributed by atoms with E-state index in [9.17, 15) is 0 Å². The van der Waals surface area contributed by atoms with E-state index in [1.54, 1.807) is 5.51 Å². The highest BCUT2D eigenvalue weighted by Crippen LogP contribution is 2.13. The Morgan fingerprint density at radius 2 is 2.17 bits per heavy atom. The van der Waals surface area contributed by atoms with Crippen LogP contribution in [0.15, 0.2) is 17.2 Å². The molecule has 5 nitrogen and oxygen atoms in total. The van der Waals surface area contributed by atoms with E-state index in [-0.39, 0.29) is 5.95 Å². The third-order valence-electron chi connectivity index (χ3n) is 1.25. The van der Waals surface area contributed by atoms with Crippen molar-refractivity contribution in [3.8, 4) is 11.5 Å². The predicted octanol–water partition coefficient (Wildman–Crippen LogP) is 0.577. The molecule has 0 fully saturated rings. The summed E-state index contributed by atoms with van der Waals surface area (Å²) < 4.78 is 0. The van der Waals surface area contributed by atoms with E-state index >= 15 is 0 Å². The van der Waals surface area contributed by atoms with E-state index in [1.165, 1.54) is 17.7 Å². The largest absolute Gasteiger partial charge is 0.368 e. The fourth-order valence-electron chi connectivity index (χ4n) is 0.755. The molecule has 0 aliphatic carbocycles. The fourth-order valence-corrected chi connectivity index (χ4v) is 1.29. The van der Waals surface area contributed by atoms with E-state index in [2.05, 4.69) is 19.9 Å². The van der Waals surface area contributed by atoms with Gasteiger partial charge in [0.1, 0.15) is 12.0 Å². The minimum Gasteiger partial charge on any atom is -0.368 e. The van der Waals surface area contributed by atoms with Gasteiger partial charge in [0.15, 0.2) is 5.82 Å². The van der Waals surface area contributed by atoms with Gasteiger partial charge in [0.25, 0.3) is 0 Å². The third-order valence-corrected chi connectivity index (χ3v) is 1.84. The Bertz CT molecular complexity index is 371. The van der Waals surface area contributed by atoms with Gasteiger partial charge in [0.2, 0.25) is 5.95 Å². The van der Waals surface area contributed by atoms with Gasteiger partial charge in [-0.15, -0.1) is 11.3 Å². The summed E-state index contributed by atoms with van der Waals surface area (Å²) >= 11 is 1.49. The molecule has 2 rings (SSSR count). The molecule has 0 amide bonds. The number of thiazole rings is 1. The first-order valence-electron chi connectivity index (χ1n) is 3.19. The molecule has 0 aromatic carbocycles. The fraction of sp³-hybridized carbons (Fsp3) is 0. The molecule has 0 atom stereocenters. The SMILES string of the molecule is Nc1ncnc(-c2cscn2)n1. The van der Waals surface area contributed by atoms with E-state index in [0.717, 1.165) is 5.69 Å². The number of rotatable bonds is 1. The van der Waals surface area contributed by atoms with Crippen LogP contribution in [-0.2, 0) is 0 Å². The maximum Gasteiger partial charge on any atom is 0.223 e. The van der Waals surface area contributed by atoms with Crippen LogP contribution < -0.4 is 5.73 Å². The molecule has 6 heteroatoms. The summed E-state index contributed by atoms with van der Waals surface area (Å²) in [5, 5.41) is 1.86. The third kappa shape index (κ3) is 1.24. The first-order valence-corrected chi connectivity index (χ1v) is 4.13. The lowest BCUT2D eigenvalue weighted by Crippen LogP contribution is -1.97. The quantitative estimate of drug-likeness (QED) is 0.692. The molecule has 0 aliphatic heterocycles. The Labute approximate surface area is 72.3 Å². The number of nitrogens with two attached hydrogens (primary N) is 1. The molecule has 2 heterocycles. The van der Waals surface area contributed by atoms with E-state index in [1.807, 2.05) is 5.38 Å². The van der Waals surface area contributed by atoms with Crippen molar-refractivity contribution >= 4 is 17.3 Å². The molecule has 2 aromatic heterocycles. The van der Waals surface area contributed by atoms with Gasteiger partial charge in [-0.3, -0.25) is 0 Å². The average molecular weight is 179 g/mol. The summed E-state index contributed by atoms with van der Waals surface area (Å²) in [6.45, 7) is 0. The van der Waals surface area contributed by atoms with Gasteiger partial charge in [0.05, 0.1) is 5.51 Å². The smallest absolute Gasteiger partial charge is 0.223 e. The summed E-state index contributed by atoms with van der Waals surface area (Å²) in [5.41, 5.74) is 7.83. The van der Waals surface area contributed by atoms with Crippen molar-refractivity contribution in [2.75, 3.05) is 5.73 Å². The van der Waals surface area contributed by atoms with Crippen molar-refractivity contribution in [1.29, 1.82) is 0 Å². The highest BCUT2D eigenvalue weighted by atomic mass is 32.1. The number of hydrogen-bond acceptors (Lipinski definition) is 6. The van der Waals surface area contributed by atoms with Gasteiger partial charge in [-0.1, -0.05) is 0 Å². The number of anilines is 1. The lowest BCUT2D eigenvalue weighted by Gasteiger charge is -1.93. The Balaban J connectivity index is 2.48. The van der Waals surface area contributed by atoms with Crippen molar-refractivity contribution in [3.63, 3.8) is 0 Å². The second kappa shape index (κ2) is 2.82. The Morgan fingerprint density at radius 1 is 1.25 bits per heavy atom. The lowest BCUT2D eigenvalue weighted by atomic mass is 10.5. The van der Waals surface area contributed by atoms with Gasteiger partial charge in [-0.25, -0.2) is 15.0 Å². The first-order chi connectivity index (χ1) is 5.86. The highest BCUT2D eigenvalue weighted by Gasteiger charge is 2.02. The number of hydrogen-bond donors (Lipinski definition) is 1. The second-order valence-electron chi connectivity index (χ2n) is 2.04. The molecular formula is C6H5N5S. The lowest BCUT2D eigenvalue weighted by molar-refractivity contribution is 1.06. The van der Waals surface area contributed by atoms with Gasteiger partial charge >= 0.3 is 0 Å². The maximum atomic E-state index is 5.38. The average Bonchev–Trinajstić information content (AvgIpc) is 2.56. The Hall–Kier alpha value is -1.56. The molecular weight excluding hydrogens is 174 g/mol. The molecule has 0 radical (unpaired) electrons. The standard InChI is InChI=1S/C6H5N5S/c7-6-9-2-8-5(11-6)4-1-12-3-10-4/h1-3H,(H2,7,8,9,11). The van der Waals surface area contributed by atoms with Crippen molar-refractivity contribution < 1.29 is 0 Å². The minimum atomic E-state index is 0.216. The van der Waals surface area contributed by atoms with Crippen LogP contribution in [0.5, 0.6) is 0 Å².